The quantitative estimate of drug-likeness (QED) is 0.931. The second-order valence-corrected chi connectivity index (χ2v) is 7.13. The summed E-state index contributed by atoms with van der Waals surface area (Å²) in [6, 6.07) is 6.56. The number of nitrogens with zero attached hydrogens (tertiary/aromatic N) is 4. The van der Waals surface area contributed by atoms with Gasteiger partial charge in [0.05, 0.1) is 12.8 Å². The first-order chi connectivity index (χ1) is 12.0. The van der Waals surface area contributed by atoms with Gasteiger partial charge in [-0.15, -0.1) is 9.90 Å². The number of aromatic nitrogens is 3. The highest BCUT2D eigenvalue weighted by atomic mass is 16.5. The number of piperidine rings is 1. The van der Waals surface area contributed by atoms with Crippen LogP contribution in [0.2, 0.25) is 0 Å². The van der Waals surface area contributed by atoms with Crippen LogP contribution in [0.5, 0.6) is 5.88 Å². The van der Waals surface area contributed by atoms with E-state index in [0.29, 0.717) is 18.0 Å². The van der Waals surface area contributed by atoms with Crippen molar-refractivity contribution in [2.75, 3.05) is 12.4 Å². The largest absolute Gasteiger partial charge is 0.479 e. The van der Waals surface area contributed by atoms with Gasteiger partial charge in [0.25, 0.3) is 5.88 Å². The lowest BCUT2D eigenvalue weighted by Crippen LogP contribution is -2.63. The van der Waals surface area contributed by atoms with E-state index in [1.165, 1.54) is 4.80 Å². The van der Waals surface area contributed by atoms with Crippen molar-refractivity contribution in [2.45, 2.75) is 45.2 Å². The number of benzene rings is 1. The maximum atomic E-state index is 12.7. The molecule has 2 aliphatic rings. The van der Waals surface area contributed by atoms with Gasteiger partial charge in [-0.1, -0.05) is 13.0 Å². The number of urea groups is 1. The lowest BCUT2D eigenvalue weighted by molar-refractivity contribution is -0.00600. The number of nitrogens with one attached hydrogen (secondary N) is 1. The number of anilines is 1. The van der Waals surface area contributed by atoms with Gasteiger partial charge in [0.1, 0.15) is 6.20 Å². The summed E-state index contributed by atoms with van der Waals surface area (Å²) < 4.78 is 5.08. The Labute approximate surface area is 147 Å². The number of hydrogen-bond donors (Lipinski definition) is 1. The summed E-state index contributed by atoms with van der Waals surface area (Å²) in [7, 11) is 1.56. The van der Waals surface area contributed by atoms with Gasteiger partial charge in [-0.3, -0.25) is 0 Å². The molecule has 0 spiro atoms. The van der Waals surface area contributed by atoms with Crippen molar-refractivity contribution >= 4 is 11.7 Å². The van der Waals surface area contributed by atoms with Crippen LogP contribution in [0.4, 0.5) is 10.5 Å². The molecule has 3 heterocycles. The van der Waals surface area contributed by atoms with Crippen LogP contribution in [0, 0.1) is 12.8 Å². The number of carbonyl (C=O) groups excluding carboxylic acids is 1. The second-order valence-electron chi connectivity index (χ2n) is 7.13. The molecule has 2 aromatic rings. The van der Waals surface area contributed by atoms with Crippen LogP contribution < -0.4 is 10.1 Å². The standard InChI is InChI=1S/C18H23N5O2/c1-11-6-14-9-15(7-11)22(14)18(24)20-13-5-4-12(2)16(8-13)23-19-10-17(21-23)25-3/h4-5,8,10-11,14-15H,6-7,9H2,1-3H3,(H,20,24)/t11?,14-,15?/m1/s1. The van der Waals surface area contributed by atoms with Crippen LogP contribution in [0.15, 0.2) is 24.4 Å². The average molecular weight is 341 g/mol. The highest BCUT2D eigenvalue weighted by Gasteiger charge is 2.46. The highest BCUT2D eigenvalue weighted by Crippen LogP contribution is 2.41. The van der Waals surface area contributed by atoms with E-state index in [4.69, 9.17) is 4.74 Å². The maximum Gasteiger partial charge on any atom is 0.322 e. The van der Waals surface area contributed by atoms with Gasteiger partial charge in [-0.25, -0.2) is 4.79 Å². The Kier molecular flexibility index (Phi) is 3.86. The van der Waals surface area contributed by atoms with Gasteiger partial charge >= 0.3 is 6.03 Å². The van der Waals surface area contributed by atoms with Gasteiger partial charge < -0.3 is 15.0 Å². The highest BCUT2D eigenvalue weighted by molar-refractivity contribution is 5.90. The smallest absolute Gasteiger partial charge is 0.322 e. The molecule has 25 heavy (non-hydrogen) atoms. The minimum Gasteiger partial charge on any atom is -0.479 e. The fourth-order valence-corrected chi connectivity index (χ4v) is 4.03. The summed E-state index contributed by atoms with van der Waals surface area (Å²) in [5.74, 6) is 1.18. The summed E-state index contributed by atoms with van der Waals surface area (Å²) in [5.41, 5.74) is 2.59. The fourth-order valence-electron chi connectivity index (χ4n) is 4.03. The summed E-state index contributed by atoms with van der Waals surface area (Å²) in [6.45, 7) is 4.25. The predicted octanol–water partition coefficient (Wildman–Crippen LogP) is 2.99. The molecule has 2 bridgehead atoms. The molecule has 3 atom stereocenters. The predicted molar refractivity (Wildman–Crippen MR) is 94.1 cm³/mol. The third kappa shape index (κ3) is 2.83. The minimum atomic E-state index is -0.00559. The van der Waals surface area contributed by atoms with Crippen molar-refractivity contribution in [1.82, 2.24) is 19.9 Å². The van der Waals surface area contributed by atoms with Gasteiger partial charge in [-0.2, -0.15) is 5.10 Å². The number of fused-ring (bicyclic) bond motifs is 2. The first-order valence-electron chi connectivity index (χ1n) is 8.72. The number of hydrogen-bond acceptors (Lipinski definition) is 4. The molecule has 0 radical (unpaired) electrons. The van der Waals surface area contributed by atoms with Crippen molar-refractivity contribution in [3.63, 3.8) is 0 Å². The topological polar surface area (TPSA) is 72.3 Å². The first kappa shape index (κ1) is 15.9. The first-order valence-corrected chi connectivity index (χ1v) is 8.72. The molecule has 4 rings (SSSR count). The van der Waals surface area contributed by atoms with E-state index < -0.39 is 0 Å². The molecule has 0 aliphatic carbocycles. The molecule has 7 nitrogen and oxygen atoms in total. The Bertz CT molecular complexity index is 791. The number of aryl methyl sites for hydroxylation is 1. The van der Waals surface area contributed by atoms with Crippen LogP contribution in [-0.4, -0.2) is 45.1 Å². The van der Waals surface area contributed by atoms with Crippen molar-refractivity contribution in [1.29, 1.82) is 0 Å². The van der Waals surface area contributed by atoms with Crippen molar-refractivity contribution in [3.8, 4) is 11.6 Å². The number of rotatable bonds is 3. The Morgan fingerprint density at radius 1 is 1.28 bits per heavy atom. The molecule has 0 saturated carbocycles. The molecule has 2 unspecified atom stereocenters. The third-order valence-corrected chi connectivity index (χ3v) is 5.27. The zero-order valence-electron chi connectivity index (χ0n) is 14.8. The molecule has 7 heteroatoms. The van der Waals surface area contributed by atoms with Crippen molar-refractivity contribution in [3.05, 3.63) is 30.0 Å². The maximum absolute atomic E-state index is 12.7. The molecule has 1 aromatic carbocycles. The molecule has 2 aliphatic heterocycles. The molecule has 2 amide bonds. The lowest BCUT2D eigenvalue weighted by Gasteiger charge is -2.54. The van der Waals surface area contributed by atoms with Crippen LogP contribution in [0.25, 0.3) is 5.69 Å². The third-order valence-electron chi connectivity index (χ3n) is 5.27. The zero-order valence-corrected chi connectivity index (χ0v) is 14.8. The molecule has 1 aromatic heterocycles. The van der Waals surface area contributed by atoms with Crippen molar-refractivity contribution < 1.29 is 9.53 Å². The van der Waals surface area contributed by atoms with Gasteiger partial charge in [0, 0.05) is 17.8 Å². The Hall–Kier alpha value is -2.57. The van der Waals surface area contributed by atoms with Crippen LogP contribution in [0.1, 0.15) is 31.7 Å². The van der Waals surface area contributed by atoms with Crippen LogP contribution in [0.3, 0.4) is 0 Å². The van der Waals surface area contributed by atoms with E-state index >= 15 is 0 Å². The molecular formula is C18H23N5O2. The van der Waals surface area contributed by atoms with Gasteiger partial charge in [0.2, 0.25) is 0 Å². The van der Waals surface area contributed by atoms with E-state index in [2.05, 4.69) is 22.4 Å². The summed E-state index contributed by atoms with van der Waals surface area (Å²) in [5, 5.41) is 11.5. The monoisotopic (exact) mass is 341 g/mol. The number of methoxy groups -OCH3 is 1. The molecule has 2 saturated heterocycles. The van der Waals surface area contributed by atoms with E-state index in [1.54, 1.807) is 13.3 Å². The van der Waals surface area contributed by atoms with Crippen molar-refractivity contribution in [2.24, 2.45) is 5.92 Å². The Morgan fingerprint density at radius 2 is 2.04 bits per heavy atom. The van der Waals surface area contributed by atoms with Crippen LogP contribution >= 0.6 is 0 Å². The average Bonchev–Trinajstić information content (AvgIpc) is 3.05. The normalized spacial score (nSPS) is 24.6. The van der Waals surface area contributed by atoms with E-state index in [-0.39, 0.29) is 6.03 Å². The van der Waals surface area contributed by atoms with E-state index in [1.807, 2.05) is 30.0 Å². The van der Waals surface area contributed by atoms with E-state index in [0.717, 1.165) is 42.1 Å². The number of ether oxygens (including phenoxy) is 1. The van der Waals surface area contributed by atoms with Gasteiger partial charge in [-0.05, 0) is 49.8 Å². The Balaban J connectivity index is 1.51. The molecule has 1 N–H and O–H groups in total. The molecular weight excluding hydrogens is 318 g/mol. The van der Waals surface area contributed by atoms with E-state index in [9.17, 15) is 4.79 Å². The summed E-state index contributed by atoms with van der Waals surface area (Å²) in [6.07, 6.45) is 4.93. The summed E-state index contributed by atoms with van der Waals surface area (Å²) in [4.78, 5) is 16.2. The molecule has 2 fully saturated rings. The zero-order chi connectivity index (χ0) is 17.6. The lowest BCUT2D eigenvalue weighted by atomic mass is 9.74. The molecule has 132 valence electrons. The Morgan fingerprint density at radius 3 is 2.72 bits per heavy atom. The fraction of sp³-hybridized carbons (Fsp3) is 0.500. The number of carbonyl (C=O) groups is 1. The van der Waals surface area contributed by atoms with Crippen LogP contribution in [-0.2, 0) is 0 Å². The summed E-state index contributed by atoms with van der Waals surface area (Å²) >= 11 is 0. The second kappa shape index (κ2) is 6.06. The number of amides is 2. The minimum absolute atomic E-state index is 0.00559. The van der Waals surface area contributed by atoms with Gasteiger partial charge in [0.15, 0.2) is 0 Å². The SMILES string of the molecule is COc1cnn(-c2cc(NC(=O)N3C4CC(C)C[C@@H]3C4)ccc2C)n1.